The Morgan fingerprint density at radius 1 is 0.722 bits per heavy atom. The molecule has 0 radical (unpaired) electrons. The minimum atomic E-state index is -1.82. The fraction of sp³-hybridized carbons (Fsp3) is 0.750. The average Bonchev–Trinajstić information content (AvgIpc) is 2.35. The molecular formula is C8H16O10. The van der Waals surface area contributed by atoms with Crippen LogP contribution in [0.3, 0.4) is 0 Å². The Hall–Kier alpha value is -1.30. The van der Waals surface area contributed by atoms with Gasteiger partial charge < -0.3 is 40.9 Å². The molecule has 10 heteroatoms. The van der Waals surface area contributed by atoms with E-state index in [1.54, 1.807) is 0 Å². The fourth-order valence-electron chi connectivity index (χ4n) is 0.671. The first kappa shape index (κ1) is 19.0. The van der Waals surface area contributed by atoms with Crippen LogP contribution >= 0.6 is 0 Å². The van der Waals surface area contributed by atoms with Crippen molar-refractivity contribution in [2.45, 2.75) is 24.4 Å². The molecule has 0 aliphatic heterocycles. The number of aliphatic hydroxyl groups is 6. The topological polar surface area (TPSA) is 196 Å². The van der Waals surface area contributed by atoms with E-state index in [1.807, 2.05) is 0 Å². The third-order valence-electron chi connectivity index (χ3n) is 1.70. The Labute approximate surface area is 101 Å². The summed E-state index contributed by atoms with van der Waals surface area (Å²) in [5, 5.41) is 67.0. The first-order chi connectivity index (χ1) is 8.18. The number of hydrogen-bond donors (Lipinski definition) is 8. The van der Waals surface area contributed by atoms with Gasteiger partial charge in [0.05, 0.1) is 13.2 Å². The van der Waals surface area contributed by atoms with Crippen molar-refractivity contribution >= 4 is 11.9 Å². The van der Waals surface area contributed by atoms with Crippen molar-refractivity contribution in [2.24, 2.45) is 0 Å². The largest absolute Gasteiger partial charge is 0.473 e. The van der Waals surface area contributed by atoms with Crippen LogP contribution in [0.4, 0.5) is 0 Å². The van der Waals surface area contributed by atoms with Gasteiger partial charge in [-0.3, -0.25) is 0 Å². The molecule has 4 unspecified atom stereocenters. The number of aliphatic hydroxyl groups excluding tert-OH is 6. The summed E-state index contributed by atoms with van der Waals surface area (Å²) >= 11 is 0. The number of rotatable bonds is 5. The number of aliphatic carboxylic acids is 2. The zero-order valence-corrected chi connectivity index (χ0v) is 9.12. The number of carboxylic acids is 2. The van der Waals surface area contributed by atoms with Gasteiger partial charge in [0.1, 0.15) is 24.4 Å². The van der Waals surface area contributed by atoms with E-state index in [-0.39, 0.29) is 0 Å². The molecule has 0 saturated heterocycles. The minimum Gasteiger partial charge on any atom is -0.473 e. The molecule has 0 amide bonds. The third-order valence-corrected chi connectivity index (χ3v) is 1.70. The number of hydrogen-bond acceptors (Lipinski definition) is 8. The summed E-state index contributed by atoms with van der Waals surface area (Å²) in [6.07, 6.45) is -6.39. The van der Waals surface area contributed by atoms with E-state index in [0.717, 1.165) is 0 Å². The summed E-state index contributed by atoms with van der Waals surface area (Å²) in [6.45, 7) is -1.45. The Balaban J connectivity index is 0. The normalized spacial score (nSPS) is 16.8. The Bertz CT molecular complexity index is 228. The molecule has 4 atom stereocenters. The molecule has 0 aromatic carbocycles. The van der Waals surface area contributed by atoms with Gasteiger partial charge in [0.15, 0.2) is 0 Å². The van der Waals surface area contributed by atoms with E-state index in [2.05, 4.69) is 0 Å². The Kier molecular flexibility index (Phi) is 10.3. The zero-order valence-electron chi connectivity index (χ0n) is 9.12. The van der Waals surface area contributed by atoms with Crippen molar-refractivity contribution in [1.82, 2.24) is 0 Å². The highest BCUT2D eigenvalue weighted by Crippen LogP contribution is 2.03. The second-order valence-electron chi connectivity index (χ2n) is 3.09. The van der Waals surface area contributed by atoms with Crippen molar-refractivity contribution < 1.29 is 50.4 Å². The van der Waals surface area contributed by atoms with Crippen LogP contribution in [0.1, 0.15) is 0 Å². The van der Waals surface area contributed by atoms with Crippen molar-refractivity contribution in [3.63, 3.8) is 0 Å². The van der Waals surface area contributed by atoms with Gasteiger partial charge in [-0.1, -0.05) is 0 Å². The Morgan fingerprint density at radius 2 is 0.944 bits per heavy atom. The lowest BCUT2D eigenvalue weighted by Gasteiger charge is -2.24. The Morgan fingerprint density at radius 3 is 1.06 bits per heavy atom. The predicted molar refractivity (Wildman–Crippen MR) is 53.5 cm³/mol. The molecular weight excluding hydrogens is 256 g/mol. The van der Waals surface area contributed by atoms with E-state index in [4.69, 9.17) is 50.4 Å². The van der Waals surface area contributed by atoms with E-state index in [1.165, 1.54) is 0 Å². The highest BCUT2D eigenvalue weighted by atomic mass is 16.4. The van der Waals surface area contributed by atoms with E-state index in [9.17, 15) is 0 Å². The second kappa shape index (κ2) is 9.70. The quantitative estimate of drug-likeness (QED) is 0.226. The lowest BCUT2D eigenvalue weighted by atomic mass is 10.0. The molecule has 18 heavy (non-hydrogen) atoms. The van der Waals surface area contributed by atoms with Crippen LogP contribution in [0.15, 0.2) is 0 Å². The van der Waals surface area contributed by atoms with Crippen LogP contribution in [0.2, 0.25) is 0 Å². The zero-order chi connectivity index (χ0) is 14.9. The molecule has 10 nitrogen and oxygen atoms in total. The van der Waals surface area contributed by atoms with Crippen LogP contribution in [0, 0.1) is 0 Å². The van der Waals surface area contributed by atoms with Crippen LogP contribution in [-0.4, -0.2) is 90.4 Å². The molecule has 0 aliphatic carbocycles. The van der Waals surface area contributed by atoms with Crippen molar-refractivity contribution in [1.29, 1.82) is 0 Å². The fourth-order valence-corrected chi connectivity index (χ4v) is 0.671. The van der Waals surface area contributed by atoms with Gasteiger partial charge in [-0.15, -0.1) is 0 Å². The second-order valence-corrected chi connectivity index (χ2v) is 3.09. The molecule has 0 saturated carbocycles. The standard InChI is InChI=1S/C6H14O6.C2H2O4/c7-1-3(9)5(11)6(12)4(10)2-8;3-1(4)2(5)6/h3-12H,1-2H2;(H,3,4)(H,5,6). The van der Waals surface area contributed by atoms with Gasteiger partial charge in [-0.05, 0) is 0 Å². The molecule has 0 spiro atoms. The van der Waals surface area contributed by atoms with Crippen molar-refractivity contribution in [3.05, 3.63) is 0 Å². The summed E-state index contributed by atoms with van der Waals surface area (Å²) in [4.78, 5) is 18.2. The minimum absolute atomic E-state index is 0.726. The first-order valence-electron chi connectivity index (χ1n) is 4.59. The maximum absolute atomic E-state index is 9.10. The molecule has 0 bridgehead atoms. The monoisotopic (exact) mass is 272 g/mol. The first-order valence-corrected chi connectivity index (χ1v) is 4.59. The van der Waals surface area contributed by atoms with Gasteiger partial charge in [-0.25, -0.2) is 9.59 Å². The predicted octanol–water partition coefficient (Wildman–Crippen LogP) is -4.43. The smallest absolute Gasteiger partial charge is 0.414 e. The van der Waals surface area contributed by atoms with E-state index < -0.39 is 49.6 Å². The van der Waals surface area contributed by atoms with Gasteiger partial charge in [0, 0.05) is 0 Å². The molecule has 0 fully saturated rings. The average molecular weight is 272 g/mol. The van der Waals surface area contributed by atoms with E-state index >= 15 is 0 Å². The summed E-state index contributed by atoms with van der Waals surface area (Å²) in [5.41, 5.74) is 0. The van der Waals surface area contributed by atoms with Gasteiger partial charge >= 0.3 is 11.9 Å². The highest BCUT2D eigenvalue weighted by molar-refractivity contribution is 6.27. The molecule has 0 aromatic heterocycles. The number of carboxylic acid groups (broad SMARTS) is 2. The SMILES string of the molecule is O=C(O)C(=O)O.OCC(O)C(O)C(O)C(O)CO. The summed E-state index contributed by atoms with van der Waals surface area (Å²) in [7, 11) is 0. The van der Waals surface area contributed by atoms with Crippen LogP contribution in [0.25, 0.3) is 0 Å². The molecule has 108 valence electrons. The third kappa shape index (κ3) is 7.89. The summed E-state index contributed by atoms with van der Waals surface area (Å²) in [6, 6.07) is 0. The van der Waals surface area contributed by atoms with Crippen molar-refractivity contribution in [2.75, 3.05) is 13.2 Å². The van der Waals surface area contributed by atoms with Crippen molar-refractivity contribution in [3.8, 4) is 0 Å². The molecule has 0 heterocycles. The summed E-state index contributed by atoms with van der Waals surface area (Å²) in [5.74, 6) is -3.65. The molecule has 8 N–H and O–H groups in total. The number of carbonyl (C=O) groups is 2. The lowest BCUT2D eigenvalue weighted by Crippen LogP contribution is -2.46. The van der Waals surface area contributed by atoms with Gasteiger partial charge in [0.25, 0.3) is 0 Å². The van der Waals surface area contributed by atoms with Crippen LogP contribution in [-0.2, 0) is 9.59 Å². The maximum atomic E-state index is 9.10. The lowest BCUT2D eigenvalue weighted by molar-refractivity contribution is -0.159. The maximum Gasteiger partial charge on any atom is 0.414 e. The molecule has 0 aromatic rings. The van der Waals surface area contributed by atoms with Crippen LogP contribution in [0.5, 0.6) is 0 Å². The van der Waals surface area contributed by atoms with Gasteiger partial charge in [0.2, 0.25) is 0 Å². The van der Waals surface area contributed by atoms with Gasteiger partial charge in [-0.2, -0.15) is 0 Å². The van der Waals surface area contributed by atoms with E-state index in [0.29, 0.717) is 0 Å². The highest BCUT2D eigenvalue weighted by Gasteiger charge is 2.29. The summed E-state index contributed by atoms with van der Waals surface area (Å²) < 4.78 is 0. The molecule has 0 aliphatic rings. The van der Waals surface area contributed by atoms with Crippen LogP contribution < -0.4 is 0 Å². The molecule has 0 rings (SSSR count).